The molecule has 2 rings (SSSR count). The number of primary amides is 1. The molecule has 0 aromatic heterocycles. The van der Waals surface area contributed by atoms with E-state index in [2.05, 4.69) is 0 Å². The van der Waals surface area contributed by atoms with E-state index in [0.717, 1.165) is 11.0 Å². The number of carbonyl (C=O) groups excluding carboxylic acids is 1. The van der Waals surface area contributed by atoms with Crippen molar-refractivity contribution in [3.63, 3.8) is 0 Å². The Morgan fingerprint density at radius 1 is 1.43 bits per heavy atom. The Hall–Kier alpha value is -1.43. The molecule has 0 aliphatic carbocycles. The summed E-state index contributed by atoms with van der Waals surface area (Å²) < 4.78 is 68.5. The molecule has 0 radical (unpaired) electrons. The van der Waals surface area contributed by atoms with Crippen molar-refractivity contribution in [2.24, 2.45) is 5.73 Å². The fourth-order valence-electron chi connectivity index (χ4n) is 2.79. The number of aryl methyl sites for hydroxylation is 1. The average Bonchev–Trinajstić information content (AvgIpc) is 2.35. The lowest BCUT2D eigenvalue weighted by atomic mass is 9.96. The first kappa shape index (κ1) is 17.9. The van der Waals surface area contributed by atoms with Crippen LogP contribution in [-0.4, -0.2) is 30.1 Å². The second-order valence-electron chi connectivity index (χ2n) is 5.68. The normalized spacial score (nSPS) is 21.3. The fraction of sp³-hybridized carbons (Fsp3) is 0.500. The number of nitrogens with two attached hydrogens (primary N) is 1. The van der Waals surface area contributed by atoms with Gasteiger partial charge in [0.25, 0.3) is 17.5 Å². The number of alkyl halides is 4. The molecule has 1 saturated heterocycles. The number of hydrogen-bond donors (Lipinski definition) is 1. The van der Waals surface area contributed by atoms with Crippen molar-refractivity contribution in [1.82, 2.24) is 0 Å². The van der Waals surface area contributed by atoms with E-state index in [1.165, 1.54) is 22.2 Å². The third-order valence-corrected chi connectivity index (χ3v) is 4.27. The predicted molar refractivity (Wildman–Crippen MR) is 79.6 cm³/mol. The summed E-state index contributed by atoms with van der Waals surface area (Å²) in [5.74, 6) is -5.15. The molecule has 1 heterocycles. The molecule has 23 heavy (non-hydrogen) atoms. The lowest BCUT2D eigenvalue weighted by Crippen LogP contribution is -2.53. The van der Waals surface area contributed by atoms with Gasteiger partial charge < -0.3 is 10.6 Å². The number of carbonyl (C=O) groups is 1. The van der Waals surface area contributed by atoms with Gasteiger partial charge in [-0.25, -0.2) is 22.0 Å². The van der Waals surface area contributed by atoms with Crippen LogP contribution >= 0.6 is 9.24 Å². The summed E-state index contributed by atoms with van der Waals surface area (Å²) >= 11 is 0. The smallest absolute Gasteiger partial charge is 0.278 e. The standard InChI is InChI=1S/C14H16F5N2OP/c1-7-4-8(5-9(15)11(7)12(20)22)21-3-2-13(16,17)6-10(21)14(18,19)23/h4-5,10H,2-3,6,23H2,1H3,(H2,20,22). The topological polar surface area (TPSA) is 46.3 Å². The molecule has 0 bridgehead atoms. The molecular weight excluding hydrogens is 338 g/mol. The third kappa shape index (κ3) is 3.74. The Morgan fingerprint density at radius 3 is 2.52 bits per heavy atom. The van der Waals surface area contributed by atoms with E-state index in [9.17, 15) is 26.7 Å². The van der Waals surface area contributed by atoms with Gasteiger partial charge in [-0.05, 0) is 24.6 Å². The van der Waals surface area contributed by atoms with E-state index < -0.39 is 42.2 Å². The van der Waals surface area contributed by atoms with Gasteiger partial charge in [-0.3, -0.25) is 4.79 Å². The highest BCUT2D eigenvalue weighted by atomic mass is 31.0. The van der Waals surface area contributed by atoms with Crippen molar-refractivity contribution in [3.05, 3.63) is 29.1 Å². The molecule has 2 unspecified atom stereocenters. The van der Waals surface area contributed by atoms with Crippen LogP contribution in [0.3, 0.4) is 0 Å². The first-order valence-corrected chi connectivity index (χ1v) is 7.41. The molecule has 2 atom stereocenters. The molecule has 3 nitrogen and oxygen atoms in total. The summed E-state index contributed by atoms with van der Waals surface area (Å²) in [6, 6.07) is 0.380. The van der Waals surface area contributed by atoms with E-state index in [-0.39, 0.29) is 23.4 Å². The molecule has 1 amide bonds. The van der Waals surface area contributed by atoms with Gasteiger partial charge in [-0.15, -0.1) is 0 Å². The summed E-state index contributed by atoms with van der Waals surface area (Å²) in [5, 5.41) is 0. The van der Waals surface area contributed by atoms with Crippen LogP contribution in [0.1, 0.15) is 28.8 Å². The molecule has 1 aromatic rings. The Labute approximate surface area is 132 Å². The van der Waals surface area contributed by atoms with Crippen LogP contribution < -0.4 is 10.6 Å². The van der Waals surface area contributed by atoms with Gasteiger partial charge in [0.05, 0.1) is 5.56 Å². The van der Waals surface area contributed by atoms with E-state index in [4.69, 9.17) is 5.73 Å². The number of hydrogen-bond acceptors (Lipinski definition) is 2. The molecule has 128 valence electrons. The molecule has 1 aliphatic heterocycles. The van der Waals surface area contributed by atoms with Crippen LogP contribution in [0.15, 0.2) is 12.1 Å². The maximum absolute atomic E-state index is 14.0. The summed E-state index contributed by atoms with van der Waals surface area (Å²) in [6.45, 7) is 1.05. The largest absolute Gasteiger partial charge is 0.365 e. The van der Waals surface area contributed by atoms with Crippen molar-refractivity contribution in [2.75, 3.05) is 11.4 Å². The van der Waals surface area contributed by atoms with Gasteiger partial charge in [-0.2, -0.15) is 0 Å². The lowest BCUT2D eigenvalue weighted by molar-refractivity contribution is -0.0638. The van der Waals surface area contributed by atoms with Crippen LogP contribution in [0, 0.1) is 12.7 Å². The minimum Gasteiger partial charge on any atom is -0.365 e. The van der Waals surface area contributed by atoms with Crippen LogP contribution in [0.2, 0.25) is 0 Å². The minimum atomic E-state index is -3.48. The van der Waals surface area contributed by atoms with Gasteiger partial charge in [0.2, 0.25) is 0 Å². The zero-order valence-electron chi connectivity index (χ0n) is 12.3. The molecule has 1 aliphatic rings. The Bertz CT molecular complexity index is 609. The second kappa shape index (κ2) is 5.89. The first-order valence-electron chi connectivity index (χ1n) is 6.83. The molecule has 0 spiro atoms. The lowest BCUT2D eigenvalue weighted by Gasteiger charge is -2.43. The van der Waals surface area contributed by atoms with E-state index in [1.807, 2.05) is 0 Å². The zero-order chi connectivity index (χ0) is 17.6. The molecule has 9 heteroatoms. The van der Waals surface area contributed by atoms with Crippen LogP contribution in [0.25, 0.3) is 0 Å². The minimum absolute atomic E-state index is 0.0209. The van der Waals surface area contributed by atoms with Gasteiger partial charge in [-0.1, -0.05) is 9.24 Å². The van der Waals surface area contributed by atoms with E-state index in [1.54, 1.807) is 0 Å². The summed E-state index contributed by atoms with van der Waals surface area (Å²) in [4.78, 5) is 12.2. The van der Waals surface area contributed by atoms with Gasteiger partial charge in [0.15, 0.2) is 0 Å². The Balaban J connectivity index is 2.45. The number of anilines is 1. The van der Waals surface area contributed by atoms with Crippen molar-refractivity contribution < 1.29 is 26.7 Å². The quantitative estimate of drug-likeness (QED) is 0.669. The molecule has 1 fully saturated rings. The monoisotopic (exact) mass is 354 g/mol. The fourth-order valence-corrected chi connectivity index (χ4v) is 3.09. The summed E-state index contributed by atoms with van der Waals surface area (Å²) in [7, 11) is 1.26. The summed E-state index contributed by atoms with van der Waals surface area (Å²) in [5.41, 5.74) is 1.43. The van der Waals surface area contributed by atoms with Gasteiger partial charge >= 0.3 is 0 Å². The maximum Gasteiger partial charge on any atom is 0.278 e. The van der Waals surface area contributed by atoms with E-state index in [0.29, 0.717) is 0 Å². The van der Waals surface area contributed by atoms with Gasteiger partial charge in [0.1, 0.15) is 11.9 Å². The second-order valence-corrected chi connectivity index (χ2v) is 6.45. The Morgan fingerprint density at radius 2 is 2.04 bits per heavy atom. The Kier molecular flexibility index (Phi) is 4.59. The summed E-state index contributed by atoms with van der Waals surface area (Å²) in [6.07, 6.45) is -1.65. The highest BCUT2D eigenvalue weighted by molar-refractivity contribution is 7.18. The van der Waals surface area contributed by atoms with Crippen molar-refractivity contribution in [3.8, 4) is 0 Å². The molecular formula is C14H16F5N2OP. The highest BCUT2D eigenvalue weighted by Gasteiger charge is 2.49. The number of halogens is 5. The van der Waals surface area contributed by atoms with Crippen LogP contribution in [-0.2, 0) is 0 Å². The number of rotatable bonds is 3. The average molecular weight is 354 g/mol. The van der Waals surface area contributed by atoms with Crippen molar-refractivity contribution >= 4 is 20.8 Å². The molecule has 0 saturated carbocycles. The number of piperidine rings is 1. The van der Waals surface area contributed by atoms with Crippen molar-refractivity contribution in [2.45, 2.75) is 37.4 Å². The molecule has 2 N–H and O–H groups in total. The zero-order valence-corrected chi connectivity index (χ0v) is 13.4. The van der Waals surface area contributed by atoms with Crippen LogP contribution in [0.5, 0.6) is 0 Å². The van der Waals surface area contributed by atoms with E-state index >= 15 is 0 Å². The first-order chi connectivity index (χ1) is 10.4. The van der Waals surface area contributed by atoms with Crippen LogP contribution in [0.4, 0.5) is 27.6 Å². The predicted octanol–water partition coefficient (Wildman–Crippen LogP) is 3.31. The third-order valence-electron chi connectivity index (χ3n) is 3.88. The maximum atomic E-state index is 14.0. The number of amides is 1. The number of benzene rings is 1. The van der Waals surface area contributed by atoms with Crippen molar-refractivity contribution in [1.29, 1.82) is 0 Å². The SMILES string of the molecule is Cc1cc(N2CCC(F)(F)CC2C(F)(F)P)cc(F)c1C(N)=O. The van der Waals surface area contributed by atoms with Gasteiger partial charge in [0, 0.05) is 25.1 Å². The molecule has 1 aromatic carbocycles. The number of nitrogens with zero attached hydrogens (tertiary/aromatic N) is 1. The highest BCUT2D eigenvalue weighted by Crippen LogP contribution is 2.43.